The molecule has 1 aliphatic rings. The van der Waals surface area contributed by atoms with Crippen molar-refractivity contribution in [3.8, 4) is 0 Å². The fraction of sp³-hybridized carbons (Fsp3) is 0.500. The second-order valence-corrected chi connectivity index (χ2v) is 4.59. The molecule has 3 rings (SSSR count). The summed E-state index contributed by atoms with van der Waals surface area (Å²) >= 11 is 0. The highest BCUT2D eigenvalue weighted by Crippen LogP contribution is 2.29. The average molecular weight is 283 g/mol. The van der Waals surface area contributed by atoms with Gasteiger partial charge in [-0.05, 0) is 0 Å². The van der Waals surface area contributed by atoms with E-state index < -0.39 is 30.0 Å². The Morgan fingerprint density at radius 2 is 2.30 bits per heavy atom. The largest absolute Gasteiger partial charge is 0.394 e. The number of hydrogen-bond acceptors (Lipinski definition) is 8. The van der Waals surface area contributed by atoms with Crippen molar-refractivity contribution in [1.82, 2.24) is 19.5 Å². The molecular formula is C10H14N6O4. The van der Waals surface area contributed by atoms with Gasteiger partial charge in [0.2, 0.25) is 5.95 Å². The Bertz CT molecular complexity index is 697. The number of H-pyrrole nitrogens is 1. The third kappa shape index (κ3) is 1.78. The molecule has 0 unspecified atom stereocenters. The summed E-state index contributed by atoms with van der Waals surface area (Å²) in [6.07, 6.45) is -1.34. The van der Waals surface area contributed by atoms with E-state index in [1.807, 2.05) is 0 Å². The first-order valence-electron chi connectivity index (χ1n) is 5.95. The monoisotopic (exact) mass is 283 g/mol. The molecule has 1 fully saturated rings. The van der Waals surface area contributed by atoms with Gasteiger partial charge in [-0.25, -0.2) is 4.98 Å². The van der Waals surface area contributed by atoms with Crippen LogP contribution in [0.25, 0.3) is 11.2 Å². The van der Waals surface area contributed by atoms with Crippen molar-refractivity contribution in [2.24, 2.45) is 5.73 Å². The van der Waals surface area contributed by atoms with E-state index in [2.05, 4.69) is 15.0 Å². The van der Waals surface area contributed by atoms with Crippen molar-refractivity contribution in [2.75, 3.05) is 12.3 Å². The minimum absolute atomic E-state index is 0.0697. The Hall–Kier alpha value is -2.01. The maximum absolute atomic E-state index is 11.7. The predicted molar refractivity (Wildman–Crippen MR) is 67.5 cm³/mol. The second-order valence-electron chi connectivity index (χ2n) is 4.59. The van der Waals surface area contributed by atoms with Crippen LogP contribution in [0.5, 0.6) is 0 Å². The van der Waals surface area contributed by atoms with E-state index in [0.717, 1.165) is 0 Å². The molecule has 2 aromatic heterocycles. The Kier molecular flexibility index (Phi) is 2.94. The summed E-state index contributed by atoms with van der Waals surface area (Å²) in [5.41, 5.74) is 11.0. The Balaban J connectivity index is 2.09. The zero-order valence-electron chi connectivity index (χ0n) is 10.3. The summed E-state index contributed by atoms with van der Waals surface area (Å²) < 4.78 is 6.85. The van der Waals surface area contributed by atoms with Gasteiger partial charge < -0.3 is 26.4 Å². The molecule has 0 amide bonds. The fourth-order valence-electron chi connectivity index (χ4n) is 2.28. The highest BCUT2D eigenvalue weighted by Gasteiger charge is 2.42. The number of nitrogen functional groups attached to an aromatic ring is 1. The van der Waals surface area contributed by atoms with Crippen LogP contribution in [-0.4, -0.2) is 54.6 Å². The number of nitrogens with two attached hydrogens (primary N) is 2. The SMILES string of the molecule is Nc1nc2c(ncn2[C@@H]2O[C@H](CO)[C@@H]([15NH2])[C@H]2O)c(=O)[nH]1. The van der Waals surface area contributed by atoms with Crippen LogP contribution in [0.2, 0.25) is 0 Å². The maximum Gasteiger partial charge on any atom is 0.280 e. The third-order valence-corrected chi connectivity index (χ3v) is 3.33. The molecule has 108 valence electrons. The molecule has 10 heteroatoms. The smallest absolute Gasteiger partial charge is 0.280 e. The van der Waals surface area contributed by atoms with Crippen molar-refractivity contribution in [2.45, 2.75) is 24.5 Å². The van der Waals surface area contributed by atoms with E-state index >= 15 is 0 Å². The number of hydrogen-bond donors (Lipinski definition) is 5. The van der Waals surface area contributed by atoms with Crippen LogP contribution in [0.3, 0.4) is 0 Å². The molecule has 4 atom stereocenters. The first kappa shape index (κ1) is 13.0. The summed E-state index contributed by atoms with van der Waals surface area (Å²) in [4.78, 5) is 21.9. The van der Waals surface area contributed by atoms with Crippen molar-refractivity contribution >= 4 is 17.1 Å². The van der Waals surface area contributed by atoms with Gasteiger partial charge in [-0.15, -0.1) is 0 Å². The average Bonchev–Trinajstić information content (AvgIpc) is 2.93. The van der Waals surface area contributed by atoms with Crippen LogP contribution >= 0.6 is 0 Å². The lowest BCUT2D eigenvalue weighted by molar-refractivity contribution is -0.0488. The summed E-state index contributed by atoms with van der Waals surface area (Å²) in [6.45, 7) is -0.322. The van der Waals surface area contributed by atoms with E-state index in [9.17, 15) is 9.90 Å². The number of nitrogens with zero attached hydrogens (tertiary/aromatic N) is 3. The second kappa shape index (κ2) is 4.52. The van der Waals surface area contributed by atoms with E-state index in [0.29, 0.717) is 0 Å². The van der Waals surface area contributed by atoms with Crippen LogP contribution < -0.4 is 17.0 Å². The number of nitrogens with one attached hydrogen (secondary N) is 1. The number of rotatable bonds is 2. The number of aromatic amines is 1. The molecule has 0 radical (unpaired) electrons. The molecule has 0 saturated carbocycles. The number of imidazole rings is 1. The van der Waals surface area contributed by atoms with Crippen LogP contribution in [0.15, 0.2) is 11.1 Å². The molecule has 0 spiro atoms. The summed E-state index contributed by atoms with van der Waals surface area (Å²) in [5, 5.41) is 19.2. The summed E-state index contributed by atoms with van der Waals surface area (Å²) in [5.74, 6) is -0.0697. The number of fused-ring (bicyclic) bond motifs is 1. The molecule has 0 bridgehead atoms. The molecular weight excluding hydrogens is 269 g/mol. The van der Waals surface area contributed by atoms with Crippen molar-refractivity contribution in [1.29, 1.82) is 0 Å². The van der Waals surface area contributed by atoms with E-state index in [4.69, 9.17) is 21.3 Å². The quantitative estimate of drug-likeness (QED) is 0.371. The molecule has 7 N–H and O–H groups in total. The first-order chi connectivity index (χ1) is 9.52. The van der Waals surface area contributed by atoms with Gasteiger partial charge in [0, 0.05) is 0 Å². The zero-order chi connectivity index (χ0) is 14.4. The van der Waals surface area contributed by atoms with Crippen LogP contribution in [0.1, 0.15) is 6.23 Å². The summed E-state index contributed by atoms with van der Waals surface area (Å²) in [7, 11) is 0. The van der Waals surface area contributed by atoms with Crippen LogP contribution in [0.4, 0.5) is 5.95 Å². The lowest BCUT2D eigenvalue weighted by Crippen LogP contribution is -2.41. The lowest BCUT2D eigenvalue weighted by Gasteiger charge is -2.16. The number of aliphatic hydroxyl groups is 2. The third-order valence-electron chi connectivity index (χ3n) is 3.33. The lowest BCUT2D eigenvalue weighted by atomic mass is 10.1. The Labute approximate surface area is 112 Å². The standard InChI is InChI=1S/C10H14N6O4/c11-4-3(1-17)20-9(6(4)18)16-2-13-5-7(16)14-10(12)15-8(5)19/h2-4,6,9,17-18H,1,11H2,(H3,12,14,15,19)/t3-,4-,6-,9-/m1/s1/i11+1. The van der Waals surface area contributed by atoms with Gasteiger partial charge in [0.1, 0.15) is 12.2 Å². The van der Waals surface area contributed by atoms with Crippen molar-refractivity contribution < 1.29 is 14.9 Å². The molecule has 1 saturated heterocycles. The number of aliphatic hydroxyl groups excluding tert-OH is 2. The van der Waals surface area contributed by atoms with Gasteiger partial charge in [-0.2, -0.15) is 4.98 Å². The van der Waals surface area contributed by atoms with E-state index in [1.165, 1.54) is 10.9 Å². The van der Waals surface area contributed by atoms with Gasteiger partial charge in [0.05, 0.1) is 19.0 Å². The highest BCUT2D eigenvalue weighted by molar-refractivity contribution is 5.70. The van der Waals surface area contributed by atoms with E-state index in [1.54, 1.807) is 0 Å². The molecule has 3 heterocycles. The number of anilines is 1. The minimum atomic E-state index is -1.06. The molecule has 0 aliphatic carbocycles. The van der Waals surface area contributed by atoms with Gasteiger partial charge in [-0.1, -0.05) is 0 Å². The van der Waals surface area contributed by atoms with Crippen molar-refractivity contribution in [3.05, 3.63) is 16.7 Å². The minimum Gasteiger partial charge on any atom is -0.394 e. The molecule has 2 aromatic rings. The van der Waals surface area contributed by atoms with Crippen LogP contribution in [0, 0.1) is 0 Å². The molecule has 0 aromatic carbocycles. The predicted octanol–water partition coefficient (Wildman–Crippen LogP) is -2.72. The first-order valence-corrected chi connectivity index (χ1v) is 5.95. The maximum atomic E-state index is 11.7. The number of ether oxygens (including phenoxy) is 1. The van der Waals surface area contributed by atoms with E-state index in [-0.39, 0.29) is 23.7 Å². The normalized spacial score (nSPS) is 30.1. The molecule has 10 nitrogen and oxygen atoms in total. The van der Waals surface area contributed by atoms with Gasteiger partial charge in [-0.3, -0.25) is 14.3 Å². The topological polar surface area (TPSA) is 165 Å². The summed E-state index contributed by atoms with van der Waals surface area (Å²) in [6, 6.07) is -0.748. The number of aromatic nitrogens is 4. The highest BCUT2D eigenvalue weighted by atomic mass is 16.5. The Morgan fingerprint density at radius 1 is 1.55 bits per heavy atom. The molecule has 1 aliphatic heterocycles. The Morgan fingerprint density at radius 3 is 2.95 bits per heavy atom. The van der Waals surface area contributed by atoms with Crippen LogP contribution in [-0.2, 0) is 4.74 Å². The zero-order valence-corrected chi connectivity index (χ0v) is 10.3. The molecule has 20 heavy (non-hydrogen) atoms. The van der Waals surface area contributed by atoms with Gasteiger partial charge in [0.15, 0.2) is 17.4 Å². The van der Waals surface area contributed by atoms with Gasteiger partial charge >= 0.3 is 0 Å². The fourth-order valence-corrected chi connectivity index (χ4v) is 2.28. The van der Waals surface area contributed by atoms with Gasteiger partial charge in [0.25, 0.3) is 5.56 Å². The van der Waals surface area contributed by atoms with Crippen molar-refractivity contribution in [3.63, 3.8) is 0 Å².